The molecule has 0 radical (unpaired) electrons. The summed E-state index contributed by atoms with van der Waals surface area (Å²) >= 11 is 0. The van der Waals surface area contributed by atoms with E-state index in [1.165, 1.54) is 11.1 Å². The van der Waals surface area contributed by atoms with Gasteiger partial charge in [-0.1, -0.05) is 24.3 Å². The summed E-state index contributed by atoms with van der Waals surface area (Å²) in [5, 5.41) is 6.62. The SMILES string of the molecule is CCOCCCNC(=NC)NCc1ccccc1COCC.I. The summed E-state index contributed by atoms with van der Waals surface area (Å²) < 4.78 is 10.8. The Kier molecular flexibility index (Phi) is 14.2. The van der Waals surface area contributed by atoms with Gasteiger partial charge in [-0.3, -0.25) is 4.99 Å². The highest BCUT2D eigenvalue weighted by Gasteiger charge is 2.03. The monoisotopic (exact) mass is 435 g/mol. The van der Waals surface area contributed by atoms with Gasteiger partial charge < -0.3 is 20.1 Å². The van der Waals surface area contributed by atoms with Gasteiger partial charge in [0.2, 0.25) is 0 Å². The molecule has 1 aromatic rings. The predicted octanol–water partition coefficient (Wildman–Crippen LogP) is 2.93. The molecule has 0 unspecified atom stereocenters. The summed E-state index contributed by atoms with van der Waals surface area (Å²) in [6.07, 6.45) is 0.968. The molecule has 0 saturated carbocycles. The lowest BCUT2D eigenvalue weighted by molar-refractivity contribution is 0.133. The first kappa shape index (κ1) is 22.1. The maximum absolute atomic E-state index is 5.51. The van der Waals surface area contributed by atoms with Crippen molar-refractivity contribution >= 4 is 29.9 Å². The van der Waals surface area contributed by atoms with E-state index < -0.39 is 0 Å². The Morgan fingerprint density at radius 2 is 1.74 bits per heavy atom. The van der Waals surface area contributed by atoms with E-state index in [0.29, 0.717) is 6.61 Å². The lowest BCUT2D eigenvalue weighted by Gasteiger charge is -2.14. The molecule has 0 saturated heterocycles. The van der Waals surface area contributed by atoms with Crippen molar-refractivity contribution in [2.24, 2.45) is 4.99 Å². The first-order valence-electron chi connectivity index (χ1n) is 7.98. The second-order valence-electron chi connectivity index (χ2n) is 4.81. The van der Waals surface area contributed by atoms with Crippen molar-refractivity contribution in [2.75, 3.05) is 33.4 Å². The number of hydrogen-bond acceptors (Lipinski definition) is 3. The molecule has 0 aromatic heterocycles. The average Bonchev–Trinajstić information content (AvgIpc) is 2.56. The molecule has 0 heterocycles. The van der Waals surface area contributed by atoms with Crippen LogP contribution in [0, 0.1) is 0 Å². The maximum Gasteiger partial charge on any atom is 0.191 e. The van der Waals surface area contributed by atoms with Gasteiger partial charge in [-0.25, -0.2) is 0 Å². The van der Waals surface area contributed by atoms with Crippen LogP contribution in [0.1, 0.15) is 31.4 Å². The Morgan fingerprint density at radius 1 is 1.04 bits per heavy atom. The number of benzene rings is 1. The molecule has 0 bridgehead atoms. The van der Waals surface area contributed by atoms with Gasteiger partial charge in [0.25, 0.3) is 0 Å². The zero-order valence-electron chi connectivity index (χ0n) is 14.4. The molecule has 6 heteroatoms. The molecule has 2 N–H and O–H groups in total. The highest BCUT2D eigenvalue weighted by molar-refractivity contribution is 14.0. The van der Waals surface area contributed by atoms with Crippen LogP contribution in [-0.4, -0.2) is 39.4 Å². The number of nitrogens with one attached hydrogen (secondary N) is 2. The summed E-state index contributed by atoms with van der Waals surface area (Å²) in [5.74, 6) is 0.808. The molecule has 1 rings (SSSR count). The van der Waals surface area contributed by atoms with Gasteiger partial charge in [0.05, 0.1) is 6.61 Å². The van der Waals surface area contributed by atoms with E-state index in [2.05, 4.69) is 27.8 Å². The van der Waals surface area contributed by atoms with E-state index in [0.717, 1.165) is 45.3 Å². The lowest BCUT2D eigenvalue weighted by Crippen LogP contribution is -2.37. The minimum atomic E-state index is 0. The van der Waals surface area contributed by atoms with Crippen LogP contribution in [0.25, 0.3) is 0 Å². The van der Waals surface area contributed by atoms with Crippen LogP contribution < -0.4 is 10.6 Å². The Hall–Kier alpha value is -0.860. The van der Waals surface area contributed by atoms with Crippen molar-refractivity contribution in [2.45, 2.75) is 33.4 Å². The van der Waals surface area contributed by atoms with Crippen LogP contribution in [0.3, 0.4) is 0 Å². The number of guanidine groups is 1. The van der Waals surface area contributed by atoms with Crippen LogP contribution in [0.4, 0.5) is 0 Å². The molecule has 5 nitrogen and oxygen atoms in total. The number of halogens is 1. The third-order valence-corrected chi connectivity index (χ3v) is 3.21. The molecular formula is C17H30IN3O2. The molecule has 0 amide bonds. The Morgan fingerprint density at radius 3 is 2.39 bits per heavy atom. The third kappa shape index (κ3) is 9.78. The van der Waals surface area contributed by atoms with Crippen molar-refractivity contribution < 1.29 is 9.47 Å². The minimum absolute atomic E-state index is 0. The highest BCUT2D eigenvalue weighted by Crippen LogP contribution is 2.09. The fourth-order valence-corrected chi connectivity index (χ4v) is 2.01. The first-order valence-corrected chi connectivity index (χ1v) is 7.98. The van der Waals surface area contributed by atoms with Crippen molar-refractivity contribution in [1.82, 2.24) is 10.6 Å². The van der Waals surface area contributed by atoms with Crippen molar-refractivity contribution in [3.63, 3.8) is 0 Å². The standard InChI is InChI=1S/C17H29N3O2.HI/c1-4-21-12-8-11-19-17(18-3)20-13-15-9-6-7-10-16(15)14-22-5-2;/h6-7,9-10H,4-5,8,11-14H2,1-3H3,(H2,18,19,20);1H. The number of rotatable bonds is 10. The van der Waals surface area contributed by atoms with E-state index >= 15 is 0 Å². The minimum Gasteiger partial charge on any atom is -0.382 e. The maximum atomic E-state index is 5.51. The summed E-state index contributed by atoms with van der Waals surface area (Å²) in [7, 11) is 1.78. The van der Waals surface area contributed by atoms with Gasteiger partial charge >= 0.3 is 0 Å². The van der Waals surface area contributed by atoms with Crippen LogP contribution in [0.2, 0.25) is 0 Å². The van der Waals surface area contributed by atoms with Gasteiger partial charge in [-0.15, -0.1) is 24.0 Å². The Balaban J connectivity index is 0.00000484. The van der Waals surface area contributed by atoms with Crippen molar-refractivity contribution in [3.8, 4) is 0 Å². The van der Waals surface area contributed by atoms with Crippen LogP contribution in [0.15, 0.2) is 29.3 Å². The summed E-state index contributed by atoms with van der Waals surface area (Å²) in [5.41, 5.74) is 2.44. The van der Waals surface area contributed by atoms with Crippen molar-refractivity contribution in [3.05, 3.63) is 35.4 Å². The lowest BCUT2D eigenvalue weighted by atomic mass is 10.1. The van der Waals surface area contributed by atoms with Crippen molar-refractivity contribution in [1.29, 1.82) is 0 Å². The molecule has 0 aliphatic heterocycles. The fraction of sp³-hybridized carbons (Fsp3) is 0.588. The van der Waals surface area contributed by atoms with Crippen LogP contribution in [0.5, 0.6) is 0 Å². The molecule has 132 valence electrons. The molecule has 23 heavy (non-hydrogen) atoms. The van der Waals surface area contributed by atoms with Gasteiger partial charge in [-0.05, 0) is 31.4 Å². The van der Waals surface area contributed by atoms with E-state index in [1.807, 2.05) is 26.0 Å². The summed E-state index contributed by atoms with van der Waals surface area (Å²) in [6, 6.07) is 8.30. The van der Waals surface area contributed by atoms with Gasteiger partial charge in [-0.2, -0.15) is 0 Å². The summed E-state index contributed by atoms with van der Waals surface area (Å²) in [6.45, 7) is 8.51. The average molecular weight is 435 g/mol. The number of hydrogen-bond donors (Lipinski definition) is 2. The van der Waals surface area contributed by atoms with Crippen LogP contribution in [-0.2, 0) is 22.6 Å². The number of ether oxygens (including phenoxy) is 2. The quantitative estimate of drug-likeness (QED) is 0.257. The van der Waals surface area contributed by atoms with Gasteiger partial charge in [0.1, 0.15) is 0 Å². The molecular weight excluding hydrogens is 405 g/mol. The second kappa shape index (κ2) is 14.7. The molecule has 0 aliphatic rings. The molecule has 1 aromatic carbocycles. The topological polar surface area (TPSA) is 54.9 Å². The summed E-state index contributed by atoms with van der Waals surface area (Å²) in [4.78, 5) is 4.24. The highest BCUT2D eigenvalue weighted by atomic mass is 127. The van der Waals surface area contributed by atoms with E-state index in [4.69, 9.17) is 9.47 Å². The zero-order valence-corrected chi connectivity index (χ0v) is 16.8. The van der Waals surface area contributed by atoms with E-state index in [1.54, 1.807) is 7.05 Å². The Bertz CT molecular complexity index is 442. The fourth-order valence-electron chi connectivity index (χ4n) is 2.01. The van der Waals surface area contributed by atoms with E-state index in [-0.39, 0.29) is 24.0 Å². The van der Waals surface area contributed by atoms with Gasteiger partial charge in [0, 0.05) is 40.0 Å². The smallest absolute Gasteiger partial charge is 0.191 e. The second-order valence-corrected chi connectivity index (χ2v) is 4.81. The third-order valence-electron chi connectivity index (χ3n) is 3.21. The Labute approximate surface area is 157 Å². The largest absolute Gasteiger partial charge is 0.382 e. The van der Waals surface area contributed by atoms with Gasteiger partial charge in [0.15, 0.2) is 5.96 Å². The number of aliphatic imine (C=N–C) groups is 1. The normalized spacial score (nSPS) is 11.0. The first-order chi connectivity index (χ1) is 10.8. The molecule has 0 aliphatic carbocycles. The van der Waals surface area contributed by atoms with E-state index in [9.17, 15) is 0 Å². The molecule has 0 atom stereocenters. The molecule has 0 spiro atoms. The predicted molar refractivity (Wildman–Crippen MR) is 106 cm³/mol. The molecule has 0 fully saturated rings. The van der Waals surface area contributed by atoms with Crippen LogP contribution >= 0.6 is 24.0 Å². The zero-order chi connectivity index (χ0) is 16.0. The number of nitrogens with zero attached hydrogens (tertiary/aromatic N) is 1.